The molecule has 144 valence electrons. The van der Waals surface area contributed by atoms with Gasteiger partial charge in [-0.15, -0.1) is 0 Å². The third kappa shape index (κ3) is 6.12. The normalized spacial score (nSPS) is 18.0. The monoisotopic (exact) mass is 382 g/mol. The molecule has 0 aliphatic carbocycles. The third-order valence-corrected chi connectivity index (χ3v) is 6.24. The van der Waals surface area contributed by atoms with Gasteiger partial charge >= 0.3 is 6.09 Å². The fraction of sp³-hybridized carbons (Fsp3) is 0.500. The summed E-state index contributed by atoms with van der Waals surface area (Å²) >= 11 is 0. The molecule has 1 aromatic carbocycles. The molecule has 1 heterocycles. The van der Waals surface area contributed by atoms with Gasteiger partial charge in [-0.1, -0.05) is 42.5 Å². The van der Waals surface area contributed by atoms with Crippen LogP contribution < -0.4 is 5.32 Å². The Bertz CT molecular complexity index is 698. The zero-order valence-corrected chi connectivity index (χ0v) is 15.7. The minimum absolute atomic E-state index is 0.0553. The Labute approximate surface area is 154 Å². The highest BCUT2D eigenvalue weighted by Crippen LogP contribution is 2.21. The zero-order valence-electron chi connectivity index (χ0n) is 14.9. The molecule has 0 spiro atoms. The molecule has 1 saturated heterocycles. The lowest BCUT2D eigenvalue weighted by Crippen LogP contribution is -2.44. The van der Waals surface area contributed by atoms with E-state index in [0.29, 0.717) is 38.1 Å². The van der Waals surface area contributed by atoms with Crippen molar-refractivity contribution in [1.29, 1.82) is 0 Å². The molecule has 1 unspecified atom stereocenters. The number of carboxylic acid groups (broad SMARTS) is 1. The number of nitrogens with zero attached hydrogens (tertiary/aromatic N) is 1. The van der Waals surface area contributed by atoms with Gasteiger partial charge < -0.3 is 15.2 Å². The maximum Gasteiger partial charge on any atom is 0.405 e. The van der Waals surface area contributed by atoms with E-state index in [4.69, 9.17) is 9.84 Å². The molecule has 0 aromatic heterocycles. The summed E-state index contributed by atoms with van der Waals surface area (Å²) in [6.45, 7) is 3.23. The molecule has 2 N–H and O–H groups in total. The first-order valence-electron chi connectivity index (χ1n) is 8.67. The standard InChI is InChI=1S/C18H26N2O5S/c1-2-3-13-25-16-9-11-20(12-10-16)26(23,24)14-17(19-18(21)22)15-7-5-4-6-8-15/h2-8,16-17,19H,9-14H2,1H3,(H,21,22). The number of nitrogens with one attached hydrogen (secondary N) is 1. The number of benzene rings is 1. The fourth-order valence-corrected chi connectivity index (χ4v) is 4.61. The number of hydrogen-bond donors (Lipinski definition) is 2. The second kappa shape index (κ2) is 9.70. The van der Waals surface area contributed by atoms with Gasteiger partial charge in [-0.05, 0) is 25.3 Å². The van der Waals surface area contributed by atoms with E-state index in [1.54, 1.807) is 30.3 Å². The van der Waals surface area contributed by atoms with E-state index in [2.05, 4.69) is 5.32 Å². The summed E-state index contributed by atoms with van der Waals surface area (Å²) in [5, 5.41) is 11.4. The van der Waals surface area contributed by atoms with Crippen LogP contribution in [0.3, 0.4) is 0 Å². The Balaban J connectivity index is 1.99. The first kappa shape index (κ1) is 20.4. The summed E-state index contributed by atoms with van der Waals surface area (Å²) in [5.41, 5.74) is 0.628. The van der Waals surface area contributed by atoms with E-state index in [-0.39, 0.29) is 11.9 Å². The Hall–Kier alpha value is -1.90. The van der Waals surface area contributed by atoms with Crippen LogP contribution in [0.15, 0.2) is 42.5 Å². The molecule has 0 bridgehead atoms. The Morgan fingerprint density at radius 1 is 1.35 bits per heavy atom. The van der Waals surface area contributed by atoms with Gasteiger partial charge in [0.2, 0.25) is 10.0 Å². The maximum atomic E-state index is 12.8. The summed E-state index contributed by atoms with van der Waals surface area (Å²) in [4.78, 5) is 11.1. The minimum atomic E-state index is -3.59. The lowest BCUT2D eigenvalue weighted by molar-refractivity contribution is 0.0380. The van der Waals surface area contributed by atoms with Gasteiger partial charge in [-0.25, -0.2) is 17.5 Å². The van der Waals surface area contributed by atoms with Crippen LogP contribution in [0, 0.1) is 0 Å². The van der Waals surface area contributed by atoms with Crippen LogP contribution >= 0.6 is 0 Å². The van der Waals surface area contributed by atoms with Gasteiger partial charge in [0.05, 0.1) is 24.5 Å². The molecule has 1 aliphatic rings. The first-order valence-corrected chi connectivity index (χ1v) is 10.3. The van der Waals surface area contributed by atoms with Gasteiger partial charge in [0.15, 0.2) is 0 Å². The van der Waals surface area contributed by atoms with Crippen molar-refractivity contribution in [1.82, 2.24) is 9.62 Å². The van der Waals surface area contributed by atoms with Crippen molar-refractivity contribution in [3.8, 4) is 0 Å². The molecule has 2 rings (SSSR count). The summed E-state index contributed by atoms with van der Waals surface area (Å²) < 4.78 is 32.6. The number of rotatable bonds is 8. The van der Waals surface area contributed by atoms with Crippen molar-refractivity contribution in [3.05, 3.63) is 48.0 Å². The number of ether oxygens (including phenoxy) is 1. The number of piperidine rings is 1. The predicted octanol–water partition coefficient (Wildman–Crippen LogP) is 2.38. The van der Waals surface area contributed by atoms with E-state index in [9.17, 15) is 13.2 Å². The molecule has 7 nitrogen and oxygen atoms in total. The number of sulfonamides is 1. The Morgan fingerprint density at radius 3 is 2.58 bits per heavy atom. The van der Waals surface area contributed by atoms with Crippen molar-refractivity contribution in [2.45, 2.75) is 31.9 Å². The van der Waals surface area contributed by atoms with Crippen molar-refractivity contribution in [3.63, 3.8) is 0 Å². The SMILES string of the molecule is CC=CCOC1CCN(S(=O)(=O)CC(NC(=O)O)c2ccccc2)CC1. The van der Waals surface area contributed by atoms with Crippen LogP contribution in [-0.2, 0) is 14.8 Å². The van der Waals surface area contributed by atoms with Crippen LogP contribution in [-0.4, -0.2) is 55.5 Å². The molecular formula is C18H26N2O5S. The fourth-order valence-electron chi connectivity index (χ4n) is 2.94. The van der Waals surface area contributed by atoms with Crippen LogP contribution in [0.25, 0.3) is 0 Å². The first-order chi connectivity index (χ1) is 12.4. The van der Waals surface area contributed by atoms with E-state index >= 15 is 0 Å². The molecule has 0 saturated carbocycles. The smallest absolute Gasteiger partial charge is 0.405 e. The number of hydrogen-bond acceptors (Lipinski definition) is 4. The van der Waals surface area contributed by atoms with Crippen molar-refractivity contribution in [2.24, 2.45) is 0 Å². The number of carbonyl (C=O) groups is 1. The van der Waals surface area contributed by atoms with E-state index < -0.39 is 22.2 Å². The van der Waals surface area contributed by atoms with Crippen LogP contribution in [0.1, 0.15) is 31.4 Å². The van der Waals surface area contributed by atoms with E-state index in [1.807, 2.05) is 19.1 Å². The lowest BCUT2D eigenvalue weighted by atomic mass is 10.1. The number of allylic oxidation sites excluding steroid dienone is 1. The van der Waals surface area contributed by atoms with Crippen LogP contribution in [0.4, 0.5) is 4.79 Å². The summed E-state index contributed by atoms with van der Waals surface area (Å²) in [7, 11) is -3.59. The van der Waals surface area contributed by atoms with Crippen molar-refractivity contribution >= 4 is 16.1 Å². The highest BCUT2D eigenvalue weighted by Gasteiger charge is 2.31. The summed E-state index contributed by atoms with van der Waals surface area (Å²) in [6, 6.07) is 7.95. The number of amides is 1. The van der Waals surface area contributed by atoms with Gasteiger partial charge in [0.25, 0.3) is 0 Å². The molecule has 26 heavy (non-hydrogen) atoms. The molecule has 1 fully saturated rings. The molecule has 1 aromatic rings. The second-order valence-corrected chi connectivity index (χ2v) is 8.21. The van der Waals surface area contributed by atoms with Gasteiger partial charge in [-0.2, -0.15) is 0 Å². The van der Waals surface area contributed by atoms with E-state index in [1.165, 1.54) is 4.31 Å². The molecule has 1 aliphatic heterocycles. The Kier molecular flexibility index (Phi) is 7.62. The average molecular weight is 382 g/mol. The molecule has 8 heteroatoms. The average Bonchev–Trinajstić information content (AvgIpc) is 2.62. The highest BCUT2D eigenvalue weighted by atomic mass is 32.2. The predicted molar refractivity (Wildman–Crippen MR) is 99.5 cm³/mol. The maximum absolute atomic E-state index is 12.8. The molecular weight excluding hydrogens is 356 g/mol. The van der Waals surface area contributed by atoms with Gasteiger partial charge in [-0.3, -0.25) is 0 Å². The van der Waals surface area contributed by atoms with Crippen LogP contribution in [0.2, 0.25) is 0 Å². The van der Waals surface area contributed by atoms with Gasteiger partial charge in [0.1, 0.15) is 0 Å². The minimum Gasteiger partial charge on any atom is -0.465 e. The van der Waals surface area contributed by atoms with E-state index in [0.717, 1.165) is 0 Å². The highest BCUT2D eigenvalue weighted by molar-refractivity contribution is 7.89. The van der Waals surface area contributed by atoms with Crippen molar-refractivity contribution < 1.29 is 23.1 Å². The third-order valence-electron chi connectivity index (χ3n) is 4.34. The van der Waals surface area contributed by atoms with Crippen molar-refractivity contribution in [2.75, 3.05) is 25.4 Å². The molecule has 1 amide bonds. The topological polar surface area (TPSA) is 95.9 Å². The quantitative estimate of drug-likeness (QED) is 0.673. The molecule has 1 atom stereocenters. The van der Waals surface area contributed by atoms with Crippen LogP contribution in [0.5, 0.6) is 0 Å². The summed E-state index contributed by atoms with van der Waals surface area (Å²) in [5.74, 6) is -0.298. The summed E-state index contributed by atoms with van der Waals surface area (Å²) in [6.07, 6.45) is 3.92. The largest absolute Gasteiger partial charge is 0.465 e. The molecule has 0 radical (unpaired) electrons. The zero-order chi connectivity index (χ0) is 19.0. The lowest BCUT2D eigenvalue weighted by Gasteiger charge is -2.32. The van der Waals surface area contributed by atoms with Gasteiger partial charge in [0, 0.05) is 13.1 Å². The Morgan fingerprint density at radius 2 is 2.00 bits per heavy atom. The second-order valence-electron chi connectivity index (χ2n) is 6.19.